The highest BCUT2D eigenvalue weighted by atomic mass is 16.3. The number of nitrogens with zero attached hydrogens (tertiary/aromatic N) is 3. The van der Waals surface area contributed by atoms with Gasteiger partial charge < -0.3 is 15.0 Å². The SMILES string of the molecule is O[C@@H]1CCN(c2cncc(-c3ccc4cnc5[nH]c(C6CCC6)cc5c4c3)c2)C1. The number of hydrogen-bond donors (Lipinski definition) is 2. The molecule has 2 aliphatic rings. The Morgan fingerprint density at radius 2 is 1.90 bits per heavy atom. The van der Waals surface area contributed by atoms with Crippen LogP contribution in [0.5, 0.6) is 0 Å². The van der Waals surface area contributed by atoms with Gasteiger partial charge in [-0.25, -0.2) is 4.98 Å². The number of anilines is 1. The van der Waals surface area contributed by atoms with Crippen LogP contribution < -0.4 is 4.90 Å². The number of pyridine rings is 2. The fraction of sp³-hybridized carbons (Fsp3) is 0.333. The molecular formula is C24H24N4O. The van der Waals surface area contributed by atoms with Gasteiger partial charge in [-0.15, -0.1) is 0 Å². The minimum absolute atomic E-state index is 0.237. The smallest absolute Gasteiger partial charge is 0.138 e. The molecule has 4 aromatic rings. The Labute approximate surface area is 169 Å². The van der Waals surface area contributed by atoms with Crippen LogP contribution in [0.4, 0.5) is 5.69 Å². The fourth-order valence-electron chi connectivity index (χ4n) is 4.66. The number of aliphatic hydroxyl groups is 1. The number of aromatic nitrogens is 3. The molecule has 0 amide bonds. The Hall–Kier alpha value is -2.92. The van der Waals surface area contributed by atoms with E-state index in [1.807, 2.05) is 18.6 Å². The van der Waals surface area contributed by atoms with E-state index in [0.29, 0.717) is 12.5 Å². The van der Waals surface area contributed by atoms with E-state index in [1.165, 1.54) is 35.7 Å². The molecule has 1 aromatic carbocycles. The molecule has 5 heteroatoms. The van der Waals surface area contributed by atoms with Gasteiger partial charge >= 0.3 is 0 Å². The zero-order valence-electron chi connectivity index (χ0n) is 16.3. The Balaban J connectivity index is 1.43. The van der Waals surface area contributed by atoms with E-state index < -0.39 is 0 Å². The van der Waals surface area contributed by atoms with Crippen molar-refractivity contribution in [2.75, 3.05) is 18.0 Å². The first-order chi connectivity index (χ1) is 14.2. The van der Waals surface area contributed by atoms with E-state index in [2.05, 4.69) is 50.2 Å². The third-order valence-corrected chi connectivity index (χ3v) is 6.62. The van der Waals surface area contributed by atoms with Gasteiger partial charge in [-0.05, 0) is 54.3 Å². The van der Waals surface area contributed by atoms with Crippen LogP contribution in [0.2, 0.25) is 0 Å². The summed E-state index contributed by atoms with van der Waals surface area (Å²) < 4.78 is 0. The van der Waals surface area contributed by atoms with Crippen LogP contribution in [0.15, 0.2) is 48.9 Å². The van der Waals surface area contributed by atoms with Gasteiger partial charge in [0.2, 0.25) is 0 Å². The Kier molecular flexibility index (Phi) is 3.84. The molecule has 0 unspecified atom stereocenters. The molecule has 1 aliphatic heterocycles. The third-order valence-electron chi connectivity index (χ3n) is 6.62. The Morgan fingerprint density at radius 3 is 2.69 bits per heavy atom. The van der Waals surface area contributed by atoms with Crippen molar-refractivity contribution < 1.29 is 5.11 Å². The molecule has 1 atom stereocenters. The normalized spacial score (nSPS) is 19.9. The second-order valence-corrected chi connectivity index (χ2v) is 8.50. The van der Waals surface area contributed by atoms with Crippen molar-refractivity contribution in [2.45, 2.75) is 37.7 Å². The number of hydrogen-bond acceptors (Lipinski definition) is 4. The van der Waals surface area contributed by atoms with E-state index in [0.717, 1.165) is 40.8 Å². The maximum absolute atomic E-state index is 9.86. The van der Waals surface area contributed by atoms with Gasteiger partial charge in [0.15, 0.2) is 0 Å². The highest BCUT2D eigenvalue weighted by Crippen LogP contribution is 2.38. The van der Waals surface area contributed by atoms with E-state index in [4.69, 9.17) is 0 Å². The van der Waals surface area contributed by atoms with Crippen molar-refractivity contribution in [3.8, 4) is 11.1 Å². The molecule has 2 fully saturated rings. The monoisotopic (exact) mass is 384 g/mol. The lowest BCUT2D eigenvalue weighted by Gasteiger charge is -2.23. The minimum Gasteiger partial charge on any atom is -0.391 e. The summed E-state index contributed by atoms with van der Waals surface area (Å²) in [6.07, 6.45) is 10.2. The van der Waals surface area contributed by atoms with Crippen molar-refractivity contribution in [1.82, 2.24) is 15.0 Å². The van der Waals surface area contributed by atoms with Crippen LogP contribution in [-0.2, 0) is 0 Å². The van der Waals surface area contributed by atoms with E-state index in [-0.39, 0.29) is 6.10 Å². The molecule has 1 aliphatic carbocycles. The summed E-state index contributed by atoms with van der Waals surface area (Å²) in [5.41, 5.74) is 5.64. The Bertz CT molecular complexity index is 1210. The summed E-state index contributed by atoms with van der Waals surface area (Å²) in [4.78, 5) is 14.9. The summed E-state index contributed by atoms with van der Waals surface area (Å²) in [7, 11) is 0. The minimum atomic E-state index is -0.237. The van der Waals surface area contributed by atoms with Crippen molar-refractivity contribution in [3.63, 3.8) is 0 Å². The first-order valence-electron chi connectivity index (χ1n) is 10.5. The average Bonchev–Trinajstić information content (AvgIpc) is 3.32. The summed E-state index contributed by atoms with van der Waals surface area (Å²) in [5, 5.41) is 13.5. The van der Waals surface area contributed by atoms with Crippen LogP contribution in [0.25, 0.3) is 32.9 Å². The topological polar surface area (TPSA) is 65.0 Å². The molecule has 1 saturated carbocycles. The molecule has 4 heterocycles. The van der Waals surface area contributed by atoms with Crippen molar-refractivity contribution in [2.24, 2.45) is 0 Å². The van der Waals surface area contributed by atoms with Gasteiger partial charge in [0.25, 0.3) is 0 Å². The zero-order valence-corrected chi connectivity index (χ0v) is 16.3. The molecule has 146 valence electrons. The number of aliphatic hydroxyl groups excluding tert-OH is 1. The Morgan fingerprint density at radius 1 is 0.966 bits per heavy atom. The molecule has 29 heavy (non-hydrogen) atoms. The van der Waals surface area contributed by atoms with Gasteiger partial charge in [0, 0.05) is 47.5 Å². The number of benzene rings is 1. The predicted octanol–water partition coefficient (Wildman–Crippen LogP) is 4.62. The second-order valence-electron chi connectivity index (χ2n) is 8.50. The van der Waals surface area contributed by atoms with Gasteiger partial charge in [-0.2, -0.15) is 0 Å². The quantitative estimate of drug-likeness (QED) is 0.541. The van der Waals surface area contributed by atoms with Crippen LogP contribution in [0.3, 0.4) is 0 Å². The molecule has 6 rings (SSSR count). The number of rotatable bonds is 3. The van der Waals surface area contributed by atoms with Gasteiger partial charge in [0.1, 0.15) is 5.65 Å². The second kappa shape index (κ2) is 6.56. The lowest BCUT2D eigenvalue weighted by Crippen LogP contribution is -2.21. The molecule has 0 spiro atoms. The lowest BCUT2D eigenvalue weighted by molar-refractivity contribution is 0.198. The van der Waals surface area contributed by atoms with Gasteiger partial charge in [0.05, 0.1) is 18.0 Å². The van der Waals surface area contributed by atoms with Gasteiger partial charge in [-0.3, -0.25) is 4.98 Å². The van der Waals surface area contributed by atoms with Crippen molar-refractivity contribution in [3.05, 3.63) is 54.6 Å². The van der Waals surface area contributed by atoms with Crippen molar-refractivity contribution in [1.29, 1.82) is 0 Å². The number of nitrogens with one attached hydrogen (secondary N) is 1. The van der Waals surface area contributed by atoms with Crippen LogP contribution in [-0.4, -0.2) is 39.3 Å². The summed E-state index contributed by atoms with van der Waals surface area (Å²) >= 11 is 0. The third kappa shape index (κ3) is 2.88. The molecule has 0 bridgehead atoms. The van der Waals surface area contributed by atoms with Crippen LogP contribution >= 0.6 is 0 Å². The maximum Gasteiger partial charge on any atom is 0.138 e. The number of H-pyrrole nitrogens is 1. The number of aromatic amines is 1. The summed E-state index contributed by atoms with van der Waals surface area (Å²) in [5.74, 6) is 0.666. The molecule has 2 N–H and O–H groups in total. The van der Waals surface area contributed by atoms with Crippen LogP contribution in [0.1, 0.15) is 37.3 Å². The van der Waals surface area contributed by atoms with E-state index in [9.17, 15) is 5.11 Å². The molecule has 0 radical (unpaired) electrons. The number of β-amino-alcohol motifs (C(OH)–C–C–N with tert-alkyl or cyclic N) is 1. The highest BCUT2D eigenvalue weighted by molar-refractivity contribution is 6.06. The molecule has 5 nitrogen and oxygen atoms in total. The van der Waals surface area contributed by atoms with Crippen LogP contribution in [0, 0.1) is 0 Å². The largest absolute Gasteiger partial charge is 0.391 e. The molecule has 1 saturated heterocycles. The molecule has 3 aromatic heterocycles. The lowest BCUT2D eigenvalue weighted by atomic mass is 9.83. The summed E-state index contributed by atoms with van der Waals surface area (Å²) in [6, 6.07) is 11.0. The zero-order chi connectivity index (χ0) is 19.4. The van der Waals surface area contributed by atoms with E-state index in [1.54, 1.807) is 0 Å². The average molecular weight is 384 g/mol. The highest BCUT2D eigenvalue weighted by Gasteiger charge is 2.22. The molecular weight excluding hydrogens is 360 g/mol. The maximum atomic E-state index is 9.86. The number of fused-ring (bicyclic) bond motifs is 3. The standard InChI is InChI=1S/C24H24N4O/c29-20-6-7-28(14-20)19-8-18(11-25-13-19)16-4-5-17-12-26-24-22(21(17)9-16)10-23(27-24)15-2-1-3-15/h4-5,8-13,15,20,29H,1-3,6-7,14H2,(H,26,27)/t20-/m1/s1. The van der Waals surface area contributed by atoms with E-state index >= 15 is 0 Å². The summed E-state index contributed by atoms with van der Waals surface area (Å²) in [6.45, 7) is 1.56. The van der Waals surface area contributed by atoms with Crippen molar-refractivity contribution >= 4 is 27.5 Å². The fourth-order valence-corrected chi connectivity index (χ4v) is 4.66. The first-order valence-corrected chi connectivity index (χ1v) is 10.5. The first kappa shape index (κ1) is 17.0. The predicted molar refractivity (Wildman–Crippen MR) is 116 cm³/mol. The van der Waals surface area contributed by atoms with Gasteiger partial charge in [-0.1, -0.05) is 18.6 Å².